The number of H-pyrrole nitrogens is 1. The van der Waals surface area contributed by atoms with Gasteiger partial charge < -0.3 is 14.6 Å². The van der Waals surface area contributed by atoms with Gasteiger partial charge in [-0.3, -0.25) is 5.10 Å². The van der Waals surface area contributed by atoms with E-state index in [-0.39, 0.29) is 0 Å². The quantitative estimate of drug-likeness (QED) is 0.308. The van der Waals surface area contributed by atoms with Crippen LogP contribution in [0.15, 0.2) is 54.6 Å². The lowest BCUT2D eigenvalue weighted by atomic mass is 9.89. The van der Waals surface area contributed by atoms with Gasteiger partial charge in [-0.05, 0) is 68.4 Å². The summed E-state index contributed by atoms with van der Waals surface area (Å²) in [5.74, 6) is 1.86. The van der Waals surface area contributed by atoms with Crippen molar-refractivity contribution in [2.24, 2.45) is 0 Å². The molecule has 0 aliphatic carbocycles. The summed E-state index contributed by atoms with van der Waals surface area (Å²) >= 11 is 0. The van der Waals surface area contributed by atoms with Crippen molar-refractivity contribution in [1.29, 1.82) is 0 Å². The highest BCUT2D eigenvalue weighted by molar-refractivity contribution is 5.57. The SMILES string of the molecule is CCc1ccc(C(C)(O)CCCc2[nH]nnc2-c2cc(OCc3ccc(OC)cc3)nc(C)n2)cc1. The molecule has 4 rings (SSSR count). The van der Waals surface area contributed by atoms with Crippen LogP contribution in [0.1, 0.15) is 54.9 Å². The monoisotopic (exact) mass is 487 g/mol. The Morgan fingerprint density at radius 3 is 2.42 bits per heavy atom. The molecule has 2 N–H and O–H groups in total. The van der Waals surface area contributed by atoms with Crippen molar-refractivity contribution in [3.05, 3.63) is 82.8 Å². The van der Waals surface area contributed by atoms with E-state index in [1.807, 2.05) is 50.2 Å². The van der Waals surface area contributed by atoms with Crippen molar-refractivity contribution < 1.29 is 14.6 Å². The average Bonchev–Trinajstić information content (AvgIpc) is 3.36. The standard InChI is InChI=1S/C28H33N5O3/c1-5-20-8-12-22(13-9-20)28(3,34)16-6-7-24-27(32-33-31-24)25-17-26(30-19(2)29-25)36-18-21-10-14-23(35-4)15-11-21/h8-15,17,34H,5-7,16,18H2,1-4H3,(H,31,32,33). The number of aliphatic hydroxyl groups is 1. The number of rotatable bonds is 11. The van der Waals surface area contributed by atoms with Gasteiger partial charge in [0.2, 0.25) is 5.88 Å². The highest BCUT2D eigenvalue weighted by atomic mass is 16.5. The fourth-order valence-corrected chi connectivity index (χ4v) is 4.10. The van der Waals surface area contributed by atoms with Crippen molar-refractivity contribution in [2.45, 2.75) is 58.7 Å². The molecule has 0 amide bonds. The number of methoxy groups -OCH3 is 1. The van der Waals surface area contributed by atoms with Gasteiger partial charge in [-0.1, -0.05) is 48.5 Å². The minimum atomic E-state index is -0.909. The van der Waals surface area contributed by atoms with E-state index >= 15 is 0 Å². The predicted octanol–water partition coefficient (Wildman–Crippen LogP) is 4.95. The number of nitrogens with zero attached hydrogens (tertiary/aromatic N) is 4. The molecule has 2 aromatic heterocycles. The Hall–Kier alpha value is -3.78. The third-order valence-corrected chi connectivity index (χ3v) is 6.30. The normalized spacial score (nSPS) is 12.8. The van der Waals surface area contributed by atoms with Gasteiger partial charge in [0.05, 0.1) is 24.1 Å². The zero-order valence-corrected chi connectivity index (χ0v) is 21.3. The van der Waals surface area contributed by atoms with Crippen LogP contribution in [0.4, 0.5) is 0 Å². The molecule has 8 heteroatoms. The van der Waals surface area contributed by atoms with Crippen molar-refractivity contribution in [3.63, 3.8) is 0 Å². The number of aryl methyl sites for hydroxylation is 3. The number of aromatic nitrogens is 5. The molecule has 1 unspecified atom stereocenters. The fraction of sp³-hybridized carbons (Fsp3) is 0.357. The van der Waals surface area contributed by atoms with Crippen molar-refractivity contribution in [1.82, 2.24) is 25.4 Å². The summed E-state index contributed by atoms with van der Waals surface area (Å²) in [6.45, 7) is 6.18. The molecule has 0 aliphatic heterocycles. The first-order valence-electron chi connectivity index (χ1n) is 12.2. The van der Waals surface area contributed by atoms with E-state index in [2.05, 4.69) is 44.4 Å². The van der Waals surface area contributed by atoms with Crippen LogP contribution in [0.25, 0.3) is 11.4 Å². The minimum absolute atomic E-state index is 0.375. The zero-order chi connectivity index (χ0) is 25.5. The van der Waals surface area contributed by atoms with E-state index in [0.29, 0.717) is 42.5 Å². The molecular formula is C28H33N5O3. The maximum absolute atomic E-state index is 11.0. The molecule has 1 atom stereocenters. The summed E-state index contributed by atoms with van der Waals surface area (Å²) < 4.78 is 11.1. The van der Waals surface area contributed by atoms with Gasteiger partial charge in [-0.15, -0.1) is 5.10 Å². The molecule has 2 heterocycles. The molecule has 0 radical (unpaired) electrons. The highest BCUT2D eigenvalue weighted by Crippen LogP contribution is 2.29. The second kappa shape index (κ2) is 11.3. The molecule has 0 spiro atoms. The molecule has 0 saturated heterocycles. The second-order valence-corrected chi connectivity index (χ2v) is 9.09. The van der Waals surface area contributed by atoms with Crippen LogP contribution in [-0.2, 0) is 25.0 Å². The summed E-state index contributed by atoms with van der Waals surface area (Å²) in [5.41, 5.74) is 4.47. The Bertz CT molecular complexity index is 1270. The third kappa shape index (κ3) is 6.26. The van der Waals surface area contributed by atoms with Crippen LogP contribution >= 0.6 is 0 Å². The maximum Gasteiger partial charge on any atom is 0.217 e. The van der Waals surface area contributed by atoms with Crippen LogP contribution in [0.2, 0.25) is 0 Å². The van der Waals surface area contributed by atoms with Crippen molar-refractivity contribution >= 4 is 0 Å². The maximum atomic E-state index is 11.0. The molecule has 4 aromatic rings. The van der Waals surface area contributed by atoms with Gasteiger partial charge in [0.15, 0.2) is 0 Å². The van der Waals surface area contributed by atoms with Gasteiger partial charge in [0.25, 0.3) is 0 Å². The molecule has 0 aliphatic rings. The summed E-state index contributed by atoms with van der Waals surface area (Å²) in [4.78, 5) is 8.97. The lowest BCUT2D eigenvalue weighted by Gasteiger charge is -2.24. The Kier molecular flexibility index (Phi) is 7.95. The molecule has 188 valence electrons. The van der Waals surface area contributed by atoms with E-state index in [4.69, 9.17) is 9.47 Å². The average molecular weight is 488 g/mol. The van der Waals surface area contributed by atoms with E-state index in [1.54, 1.807) is 13.2 Å². The smallest absolute Gasteiger partial charge is 0.217 e. The van der Waals surface area contributed by atoms with Gasteiger partial charge in [-0.2, -0.15) is 4.98 Å². The van der Waals surface area contributed by atoms with Crippen molar-refractivity contribution in [3.8, 4) is 23.0 Å². The number of hydrogen-bond acceptors (Lipinski definition) is 7. The molecule has 8 nitrogen and oxygen atoms in total. The van der Waals surface area contributed by atoms with Gasteiger partial charge >= 0.3 is 0 Å². The van der Waals surface area contributed by atoms with E-state index in [1.165, 1.54) is 5.56 Å². The predicted molar refractivity (Wildman–Crippen MR) is 138 cm³/mol. The molecule has 0 bridgehead atoms. The van der Waals surface area contributed by atoms with Crippen LogP contribution in [0.3, 0.4) is 0 Å². The van der Waals surface area contributed by atoms with Crippen LogP contribution in [-0.4, -0.2) is 37.6 Å². The van der Waals surface area contributed by atoms with Gasteiger partial charge in [0.1, 0.15) is 23.9 Å². The van der Waals surface area contributed by atoms with E-state index in [9.17, 15) is 5.11 Å². The molecular weight excluding hydrogens is 454 g/mol. The lowest BCUT2D eigenvalue weighted by Crippen LogP contribution is -2.21. The van der Waals surface area contributed by atoms with Crippen LogP contribution in [0, 0.1) is 6.92 Å². The molecule has 0 saturated carbocycles. The summed E-state index contributed by atoms with van der Waals surface area (Å²) in [7, 11) is 1.64. The highest BCUT2D eigenvalue weighted by Gasteiger charge is 2.23. The zero-order valence-electron chi connectivity index (χ0n) is 21.3. The molecule has 2 aromatic carbocycles. The summed E-state index contributed by atoms with van der Waals surface area (Å²) in [6, 6.07) is 17.7. The number of nitrogens with one attached hydrogen (secondary N) is 1. The molecule has 36 heavy (non-hydrogen) atoms. The minimum Gasteiger partial charge on any atom is -0.497 e. The fourth-order valence-electron chi connectivity index (χ4n) is 4.10. The largest absolute Gasteiger partial charge is 0.497 e. The Morgan fingerprint density at radius 1 is 1.00 bits per heavy atom. The molecule has 0 fully saturated rings. The lowest BCUT2D eigenvalue weighted by molar-refractivity contribution is 0.0456. The first kappa shape index (κ1) is 25.3. The van der Waals surface area contributed by atoms with Crippen molar-refractivity contribution in [2.75, 3.05) is 7.11 Å². The number of ether oxygens (including phenoxy) is 2. The van der Waals surface area contributed by atoms with Gasteiger partial charge in [0, 0.05) is 6.07 Å². The topological polar surface area (TPSA) is 106 Å². The van der Waals surface area contributed by atoms with E-state index in [0.717, 1.165) is 35.4 Å². The Labute approximate surface area is 211 Å². The first-order chi connectivity index (χ1) is 17.4. The Balaban J connectivity index is 1.41. The summed E-state index contributed by atoms with van der Waals surface area (Å²) in [5, 5.41) is 22.3. The number of hydrogen-bond donors (Lipinski definition) is 2. The third-order valence-electron chi connectivity index (χ3n) is 6.30. The summed E-state index contributed by atoms with van der Waals surface area (Å²) in [6.07, 6.45) is 3.02. The Morgan fingerprint density at radius 2 is 1.72 bits per heavy atom. The number of aromatic amines is 1. The first-order valence-corrected chi connectivity index (χ1v) is 12.2. The van der Waals surface area contributed by atoms with Gasteiger partial charge in [-0.25, -0.2) is 4.98 Å². The van der Waals surface area contributed by atoms with Crippen LogP contribution in [0.5, 0.6) is 11.6 Å². The van der Waals surface area contributed by atoms with E-state index < -0.39 is 5.60 Å². The second-order valence-electron chi connectivity index (χ2n) is 9.09. The number of benzene rings is 2. The van der Waals surface area contributed by atoms with Crippen LogP contribution < -0.4 is 9.47 Å².